The van der Waals surface area contributed by atoms with Crippen LogP contribution in [0.4, 0.5) is 0 Å². The molecule has 5 rings (SSSR count). The molecule has 0 aliphatic carbocycles. The highest BCUT2D eigenvalue weighted by molar-refractivity contribution is 7.91. The molecule has 2 heterocycles. The minimum Gasteiger partial charge on any atom is -0.334 e. The van der Waals surface area contributed by atoms with E-state index in [-0.39, 0.29) is 23.3 Å². The van der Waals surface area contributed by atoms with Gasteiger partial charge in [-0.15, -0.1) is 0 Å². The Bertz CT molecular complexity index is 1580. The van der Waals surface area contributed by atoms with Gasteiger partial charge in [0.15, 0.2) is 9.84 Å². The molecule has 1 atom stereocenters. The second-order valence-corrected chi connectivity index (χ2v) is 12.3. The number of halogens is 2. The molecule has 1 unspecified atom stereocenters. The highest BCUT2D eigenvalue weighted by Crippen LogP contribution is 2.26. The van der Waals surface area contributed by atoms with Crippen molar-refractivity contribution in [2.24, 2.45) is 0 Å². The van der Waals surface area contributed by atoms with Gasteiger partial charge in [-0.05, 0) is 73.0 Å². The lowest BCUT2D eigenvalue weighted by Crippen LogP contribution is -2.42. The van der Waals surface area contributed by atoms with Gasteiger partial charge in [-0.3, -0.25) is 14.2 Å². The third-order valence-electron chi connectivity index (χ3n) is 6.73. The number of hydrogen-bond acceptors (Lipinski definition) is 4. The van der Waals surface area contributed by atoms with E-state index >= 15 is 0 Å². The largest absolute Gasteiger partial charge is 0.334 e. The zero-order chi connectivity index (χ0) is 26.2. The maximum absolute atomic E-state index is 13.5. The second-order valence-electron chi connectivity index (χ2n) is 9.17. The van der Waals surface area contributed by atoms with Crippen molar-refractivity contribution in [2.45, 2.75) is 18.9 Å². The summed E-state index contributed by atoms with van der Waals surface area (Å²) in [5.41, 5.74) is 2.62. The monoisotopic (exact) mass is 554 g/mol. The number of fused-ring (bicyclic) bond motifs is 1. The number of nitrogens with zero attached hydrogens (tertiary/aromatic N) is 2. The van der Waals surface area contributed by atoms with Gasteiger partial charge in [-0.25, -0.2) is 8.42 Å². The molecule has 1 fully saturated rings. The van der Waals surface area contributed by atoms with Gasteiger partial charge in [0.2, 0.25) is 0 Å². The molecular formula is C28H24Cl2N2O4S. The number of carbonyl (C=O) groups is 2. The van der Waals surface area contributed by atoms with Crippen LogP contribution in [0.25, 0.3) is 10.9 Å². The Morgan fingerprint density at radius 3 is 2.14 bits per heavy atom. The third kappa shape index (κ3) is 5.44. The van der Waals surface area contributed by atoms with Crippen LogP contribution in [0.3, 0.4) is 0 Å². The van der Waals surface area contributed by atoms with E-state index in [1.54, 1.807) is 64.2 Å². The highest BCUT2D eigenvalue weighted by Gasteiger charge is 2.35. The minimum absolute atomic E-state index is 0.0524. The average molecular weight is 555 g/mol. The smallest absolute Gasteiger partial charge is 0.262 e. The van der Waals surface area contributed by atoms with Crippen LogP contribution in [0.5, 0.6) is 0 Å². The number of rotatable bonds is 6. The van der Waals surface area contributed by atoms with Gasteiger partial charge in [0, 0.05) is 45.3 Å². The molecular weight excluding hydrogens is 531 g/mol. The Kier molecular flexibility index (Phi) is 7.12. The predicted octanol–water partition coefficient (Wildman–Crippen LogP) is 5.51. The van der Waals surface area contributed by atoms with E-state index < -0.39 is 15.9 Å². The summed E-state index contributed by atoms with van der Waals surface area (Å²) in [7, 11) is -3.19. The first-order valence-corrected chi connectivity index (χ1v) is 14.5. The fourth-order valence-corrected chi connectivity index (χ4v) is 6.80. The third-order valence-corrected chi connectivity index (χ3v) is 8.98. The van der Waals surface area contributed by atoms with Gasteiger partial charge in [0.05, 0.1) is 17.0 Å². The van der Waals surface area contributed by atoms with Crippen LogP contribution < -0.4 is 0 Å². The zero-order valence-electron chi connectivity index (χ0n) is 19.8. The van der Waals surface area contributed by atoms with Gasteiger partial charge in [0.25, 0.3) is 11.8 Å². The Hall–Kier alpha value is -3.13. The topological polar surface area (TPSA) is 76.5 Å². The zero-order valence-corrected chi connectivity index (χ0v) is 22.1. The van der Waals surface area contributed by atoms with E-state index in [0.717, 1.165) is 16.5 Å². The van der Waals surface area contributed by atoms with Crippen LogP contribution in [0.15, 0.2) is 79.0 Å². The molecule has 0 saturated carbocycles. The molecule has 6 nitrogen and oxygen atoms in total. The van der Waals surface area contributed by atoms with Crippen molar-refractivity contribution < 1.29 is 18.0 Å². The molecule has 0 spiro atoms. The van der Waals surface area contributed by atoms with Crippen LogP contribution in [0.1, 0.15) is 32.7 Å². The van der Waals surface area contributed by atoms with Crippen molar-refractivity contribution in [3.63, 3.8) is 0 Å². The lowest BCUT2D eigenvalue weighted by molar-refractivity contribution is 0.0699. The summed E-state index contributed by atoms with van der Waals surface area (Å²) < 4.78 is 26.1. The molecule has 0 N–H and O–H groups in total. The fraction of sp³-hybridized carbons (Fsp3) is 0.214. The average Bonchev–Trinajstić information content (AvgIpc) is 3.44. The van der Waals surface area contributed by atoms with Crippen molar-refractivity contribution >= 4 is 55.8 Å². The van der Waals surface area contributed by atoms with Crippen LogP contribution in [-0.4, -0.2) is 53.8 Å². The first-order chi connectivity index (χ1) is 17.7. The molecule has 37 heavy (non-hydrogen) atoms. The summed E-state index contributed by atoms with van der Waals surface area (Å²) in [5.74, 6) is -0.407. The minimum atomic E-state index is -3.19. The second kappa shape index (κ2) is 10.3. The summed E-state index contributed by atoms with van der Waals surface area (Å²) in [6.45, 7) is 0.310. The first-order valence-electron chi connectivity index (χ1n) is 11.9. The summed E-state index contributed by atoms with van der Waals surface area (Å²) in [5, 5.41) is 1.97. The number of amides is 1. The molecule has 190 valence electrons. The van der Waals surface area contributed by atoms with Gasteiger partial charge in [-0.2, -0.15) is 0 Å². The Balaban J connectivity index is 1.46. The lowest BCUT2D eigenvalue weighted by Gasteiger charge is -2.28. The van der Waals surface area contributed by atoms with Crippen molar-refractivity contribution in [1.29, 1.82) is 0 Å². The molecule has 4 aromatic rings. The standard InChI is InChI=1S/C28H24Cl2N2O4S/c29-22-9-5-19(6-10-22)27(33)31(24-14-16-37(35,36)18-24)15-13-21-17-32(26-4-2-1-3-25(21)26)28(34)20-7-11-23(30)12-8-20/h1-12,17,24H,13-16,18H2. The van der Waals surface area contributed by atoms with Gasteiger partial charge in [-0.1, -0.05) is 41.4 Å². The number of hydrogen-bond donors (Lipinski definition) is 0. The number of benzene rings is 3. The highest BCUT2D eigenvalue weighted by atomic mass is 35.5. The molecule has 0 bridgehead atoms. The predicted molar refractivity (Wildman–Crippen MR) is 146 cm³/mol. The fourth-order valence-electron chi connectivity index (χ4n) is 4.82. The Labute approximate surface area is 225 Å². The van der Waals surface area contributed by atoms with Crippen LogP contribution in [0.2, 0.25) is 10.0 Å². The number of sulfone groups is 1. The van der Waals surface area contributed by atoms with E-state index in [9.17, 15) is 18.0 Å². The summed E-state index contributed by atoms with van der Waals surface area (Å²) in [6.07, 6.45) is 2.66. The normalized spacial score (nSPS) is 16.6. The number of para-hydroxylation sites is 1. The molecule has 1 saturated heterocycles. The maximum Gasteiger partial charge on any atom is 0.262 e. The lowest BCUT2D eigenvalue weighted by atomic mass is 10.1. The molecule has 1 aromatic heterocycles. The van der Waals surface area contributed by atoms with E-state index in [1.807, 2.05) is 24.3 Å². The molecule has 9 heteroatoms. The van der Waals surface area contributed by atoms with E-state index in [0.29, 0.717) is 40.6 Å². The SMILES string of the molecule is O=C(c1ccc(Cl)cc1)N(CCc1cn(C(=O)c2ccc(Cl)cc2)c2ccccc12)C1CCS(=O)(=O)C1. The van der Waals surface area contributed by atoms with E-state index in [4.69, 9.17) is 23.2 Å². The molecule has 1 aliphatic rings. The van der Waals surface area contributed by atoms with Gasteiger partial charge in [0.1, 0.15) is 0 Å². The van der Waals surface area contributed by atoms with Gasteiger partial charge < -0.3 is 4.90 Å². The van der Waals surface area contributed by atoms with Crippen LogP contribution in [-0.2, 0) is 16.3 Å². The van der Waals surface area contributed by atoms with Crippen molar-refractivity contribution in [3.05, 3.63) is 106 Å². The Morgan fingerprint density at radius 1 is 0.892 bits per heavy atom. The Morgan fingerprint density at radius 2 is 1.51 bits per heavy atom. The van der Waals surface area contributed by atoms with E-state index in [2.05, 4.69) is 0 Å². The van der Waals surface area contributed by atoms with Crippen molar-refractivity contribution in [1.82, 2.24) is 9.47 Å². The quantitative estimate of drug-likeness (QED) is 0.315. The summed E-state index contributed by atoms with van der Waals surface area (Å²) in [4.78, 5) is 28.4. The van der Waals surface area contributed by atoms with Crippen molar-refractivity contribution in [3.8, 4) is 0 Å². The molecule has 3 aromatic carbocycles. The van der Waals surface area contributed by atoms with Crippen LogP contribution >= 0.6 is 23.2 Å². The number of carbonyl (C=O) groups excluding carboxylic acids is 2. The van der Waals surface area contributed by atoms with Crippen LogP contribution in [0, 0.1) is 0 Å². The maximum atomic E-state index is 13.5. The summed E-state index contributed by atoms with van der Waals surface area (Å²) >= 11 is 12.0. The molecule has 1 aliphatic heterocycles. The summed E-state index contributed by atoms with van der Waals surface area (Å²) in [6, 6.07) is 20.5. The molecule has 1 amide bonds. The molecule has 0 radical (unpaired) electrons. The number of aromatic nitrogens is 1. The van der Waals surface area contributed by atoms with Gasteiger partial charge >= 0.3 is 0 Å². The first kappa shape index (κ1) is 25.5. The van der Waals surface area contributed by atoms with Crippen molar-refractivity contribution in [2.75, 3.05) is 18.1 Å². The van der Waals surface area contributed by atoms with E-state index in [1.165, 1.54) is 0 Å².